The second kappa shape index (κ2) is 4.61. The first-order chi connectivity index (χ1) is 7.66. The minimum atomic E-state index is -0.0509. The maximum Gasteiger partial charge on any atom is 0.251 e. The van der Waals surface area contributed by atoms with E-state index in [0.29, 0.717) is 16.5 Å². The average molecular weight is 234 g/mol. The molecule has 0 aromatic heterocycles. The van der Waals surface area contributed by atoms with E-state index >= 15 is 0 Å². The molecule has 0 heterocycles. The number of nitrogens with two attached hydrogens (primary N) is 1. The van der Waals surface area contributed by atoms with Crippen molar-refractivity contribution >= 4 is 23.1 Å². The van der Waals surface area contributed by atoms with E-state index in [1.54, 1.807) is 24.3 Å². The van der Waals surface area contributed by atoms with Crippen LogP contribution < -0.4 is 11.1 Å². The molecule has 4 heteroatoms. The van der Waals surface area contributed by atoms with Gasteiger partial charge in [-0.2, -0.15) is 0 Å². The predicted octanol–water partition coefficient (Wildman–Crippen LogP) is 1.46. The molecule has 0 saturated heterocycles. The second-order valence-corrected chi connectivity index (χ2v) is 4.54. The topological polar surface area (TPSA) is 55.1 Å². The number of carbonyl (C=O) groups is 1. The van der Waals surface area contributed by atoms with Gasteiger partial charge in [0.25, 0.3) is 5.91 Å². The van der Waals surface area contributed by atoms with E-state index in [4.69, 9.17) is 18.0 Å². The van der Waals surface area contributed by atoms with Crippen molar-refractivity contribution in [2.75, 3.05) is 6.54 Å². The summed E-state index contributed by atoms with van der Waals surface area (Å²) in [5.41, 5.74) is 6.86. The maximum atomic E-state index is 11.8. The van der Waals surface area contributed by atoms with Gasteiger partial charge in [-0.25, -0.2) is 0 Å². The van der Waals surface area contributed by atoms with Crippen LogP contribution in [0.15, 0.2) is 24.3 Å². The van der Waals surface area contributed by atoms with Crippen molar-refractivity contribution in [3.63, 3.8) is 0 Å². The van der Waals surface area contributed by atoms with E-state index < -0.39 is 0 Å². The molecule has 0 aliphatic heterocycles. The third-order valence-electron chi connectivity index (χ3n) is 2.66. The Labute approximate surface area is 100 Å². The van der Waals surface area contributed by atoms with E-state index in [-0.39, 0.29) is 5.91 Å². The molecule has 1 saturated carbocycles. The van der Waals surface area contributed by atoms with Gasteiger partial charge < -0.3 is 11.1 Å². The van der Waals surface area contributed by atoms with Crippen LogP contribution in [0, 0.1) is 5.92 Å². The maximum absolute atomic E-state index is 11.8. The zero-order chi connectivity index (χ0) is 11.5. The molecule has 3 N–H and O–H groups in total. The lowest BCUT2D eigenvalue weighted by atomic mass is 10.1. The Bertz CT molecular complexity index is 427. The molecular weight excluding hydrogens is 220 g/mol. The molecule has 2 rings (SSSR count). The van der Waals surface area contributed by atoms with Crippen molar-refractivity contribution in [3.05, 3.63) is 35.4 Å². The largest absolute Gasteiger partial charge is 0.389 e. The molecule has 0 bridgehead atoms. The van der Waals surface area contributed by atoms with Crippen LogP contribution in [0.3, 0.4) is 0 Å². The second-order valence-electron chi connectivity index (χ2n) is 4.10. The molecule has 0 spiro atoms. The Morgan fingerprint density at radius 3 is 2.75 bits per heavy atom. The van der Waals surface area contributed by atoms with Gasteiger partial charge in [0.15, 0.2) is 0 Å². The molecule has 3 nitrogen and oxygen atoms in total. The highest BCUT2D eigenvalue weighted by molar-refractivity contribution is 7.80. The van der Waals surface area contributed by atoms with Crippen LogP contribution in [0.5, 0.6) is 0 Å². The van der Waals surface area contributed by atoms with Crippen LogP contribution >= 0.6 is 12.2 Å². The third kappa shape index (κ3) is 2.79. The lowest BCUT2D eigenvalue weighted by Crippen LogP contribution is -2.25. The van der Waals surface area contributed by atoms with E-state index in [9.17, 15) is 4.79 Å². The van der Waals surface area contributed by atoms with Gasteiger partial charge in [-0.15, -0.1) is 0 Å². The normalized spacial score (nSPS) is 14.5. The van der Waals surface area contributed by atoms with Crippen molar-refractivity contribution < 1.29 is 4.79 Å². The average Bonchev–Trinajstić information content (AvgIpc) is 3.10. The molecule has 1 fully saturated rings. The Balaban J connectivity index is 2.03. The monoisotopic (exact) mass is 234 g/mol. The quantitative estimate of drug-likeness (QED) is 0.775. The first kappa shape index (κ1) is 11.1. The highest BCUT2D eigenvalue weighted by Gasteiger charge is 2.21. The van der Waals surface area contributed by atoms with Crippen LogP contribution in [0.4, 0.5) is 0 Å². The van der Waals surface area contributed by atoms with Gasteiger partial charge in [-0.3, -0.25) is 4.79 Å². The zero-order valence-electron chi connectivity index (χ0n) is 8.90. The summed E-state index contributed by atoms with van der Waals surface area (Å²) in [4.78, 5) is 12.1. The fraction of sp³-hybridized carbons (Fsp3) is 0.333. The van der Waals surface area contributed by atoms with Gasteiger partial charge in [0.05, 0.1) is 0 Å². The molecule has 16 heavy (non-hydrogen) atoms. The van der Waals surface area contributed by atoms with Crippen LogP contribution in [0.2, 0.25) is 0 Å². The molecule has 1 aromatic rings. The summed E-state index contributed by atoms with van der Waals surface area (Å²) in [6, 6.07) is 7.09. The van der Waals surface area contributed by atoms with Gasteiger partial charge in [0, 0.05) is 17.7 Å². The van der Waals surface area contributed by atoms with Crippen molar-refractivity contribution in [2.24, 2.45) is 11.7 Å². The molecule has 1 aliphatic carbocycles. The SMILES string of the molecule is NC(=S)c1cccc(C(=O)NCC2CC2)c1. The number of nitrogens with one attached hydrogen (secondary N) is 1. The minimum Gasteiger partial charge on any atom is -0.389 e. The minimum absolute atomic E-state index is 0.0509. The number of rotatable bonds is 4. The van der Waals surface area contributed by atoms with Crippen LogP contribution in [-0.2, 0) is 0 Å². The van der Waals surface area contributed by atoms with Crippen molar-refractivity contribution in [1.82, 2.24) is 5.32 Å². The molecule has 1 amide bonds. The van der Waals surface area contributed by atoms with Crippen molar-refractivity contribution in [3.8, 4) is 0 Å². The zero-order valence-corrected chi connectivity index (χ0v) is 9.72. The highest BCUT2D eigenvalue weighted by atomic mass is 32.1. The summed E-state index contributed by atoms with van der Waals surface area (Å²) in [6.45, 7) is 0.774. The number of carbonyl (C=O) groups excluding carboxylic acids is 1. The van der Waals surface area contributed by atoms with Crippen LogP contribution in [0.25, 0.3) is 0 Å². The first-order valence-corrected chi connectivity index (χ1v) is 5.75. The number of benzene rings is 1. The third-order valence-corrected chi connectivity index (χ3v) is 2.89. The van der Waals surface area contributed by atoms with Gasteiger partial charge in [-0.1, -0.05) is 24.4 Å². The molecule has 84 valence electrons. The lowest BCUT2D eigenvalue weighted by molar-refractivity contribution is 0.0952. The summed E-state index contributed by atoms with van der Waals surface area (Å²) in [5, 5.41) is 2.90. The highest BCUT2D eigenvalue weighted by Crippen LogP contribution is 2.27. The van der Waals surface area contributed by atoms with Gasteiger partial charge in [0.1, 0.15) is 4.99 Å². The predicted molar refractivity (Wildman–Crippen MR) is 67.4 cm³/mol. The molecule has 0 radical (unpaired) electrons. The van der Waals surface area contributed by atoms with E-state index in [1.807, 2.05) is 0 Å². The number of hydrogen-bond acceptors (Lipinski definition) is 2. The van der Waals surface area contributed by atoms with Gasteiger partial charge >= 0.3 is 0 Å². The summed E-state index contributed by atoms with van der Waals surface area (Å²) < 4.78 is 0. The Morgan fingerprint density at radius 2 is 2.12 bits per heavy atom. The Kier molecular flexibility index (Phi) is 3.19. The summed E-state index contributed by atoms with van der Waals surface area (Å²) in [6.07, 6.45) is 2.46. The van der Waals surface area contributed by atoms with E-state index in [0.717, 1.165) is 12.1 Å². The van der Waals surface area contributed by atoms with Crippen molar-refractivity contribution in [1.29, 1.82) is 0 Å². The number of hydrogen-bond donors (Lipinski definition) is 2. The van der Waals surface area contributed by atoms with E-state index in [2.05, 4.69) is 5.32 Å². The van der Waals surface area contributed by atoms with Crippen LogP contribution in [-0.4, -0.2) is 17.4 Å². The number of thiocarbonyl (C=S) groups is 1. The molecule has 0 atom stereocenters. The molecular formula is C12H14N2OS. The Morgan fingerprint density at radius 1 is 1.44 bits per heavy atom. The smallest absolute Gasteiger partial charge is 0.251 e. The summed E-state index contributed by atoms with van der Waals surface area (Å²) in [7, 11) is 0. The lowest BCUT2D eigenvalue weighted by Gasteiger charge is -2.05. The van der Waals surface area contributed by atoms with Gasteiger partial charge in [0.2, 0.25) is 0 Å². The summed E-state index contributed by atoms with van der Waals surface area (Å²) in [5.74, 6) is 0.632. The van der Waals surface area contributed by atoms with Crippen molar-refractivity contribution in [2.45, 2.75) is 12.8 Å². The van der Waals surface area contributed by atoms with E-state index in [1.165, 1.54) is 12.8 Å². The molecule has 0 unspecified atom stereocenters. The summed E-state index contributed by atoms with van der Waals surface area (Å²) >= 11 is 4.87. The standard InChI is InChI=1S/C12H14N2OS/c13-11(16)9-2-1-3-10(6-9)12(15)14-7-8-4-5-8/h1-3,6,8H,4-5,7H2,(H2,13,16)(H,14,15). The van der Waals surface area contributed by atoms with Crippen LogP contribution in [0.1, 0.15) is 28.8 Å². The number of amides is 1. The molecule has 1 aliphatic rings. The Hall–Kier alpha value is -1.42. The van der Waals surface area contributed by atoms with Gasteiger partial charge in [-0.05, 0) is 30.9 Å². The fourth-order valence-corrected chi connectivity index (χ4v) is 1.60. The first-order valence-electron chi connectivity index (χ1n) is 5.35. The molecule has 1 aromatic carbocycles. The fourth-order valence-electron chi connectivity index (χ4n) is 1.47.